The fraction of sp³-hybridized carbons (Fsp3) is 0.306. The number of fused-ring (bicyclic) bond motifs is 2. The molecule has 0 radical (unpaired) electrons. The molecule has 5 aromatic rings. The van der Waals surface area contributed by atoms with Gasteiger partial charge < -0.3 is 30.0 Å². The largest absolute Gasteiger partial charge is 0.475 e. The Kier molecular flexibility index (Phi) is 11.9. The number of pyridine rings is 2. The standard InChI is InChI=1S/C36H35Cl2N9O6/c1-21(52-2)32-27(19-40-30-17-29(38)45-47(30)32)43-36(51)42-26-16-23(37)18-41-34(26)53-15-14-39-13-7-3-4-8-22-20-46(28-11-12-31(48)44-33(28)49)35(50)25-10-6-5-9-24(22)25/h5-6,9-10,16-21,28,39H,3,7,11-15H2,1-2H3,(H2,42,43,51)(H,44,48,49)/t21-,28?/m0/s1. The van der Waals surface area contributed by atoms with Gasteiger partial charge in [-0.15, -0.1) is 0 Å². The topological polar surface area (TPSA) is 183 Å². The third-order valence-electron chi connectivity index (χ3n) is 8.44. The molecule has 15 nitrogen and oxygen atoms in total. The van der Waals surface area contributed by atoms with Crippen molar-refractivity contribution in [2.75, 3.05) is 37.4 Å². The molecule has 0 bridgehead atoms. The number of benzene rings is 1. The van der Waals surface area contributed by atoms with Crippen LogP contribution in [0.3, 0.4) is 0 Å². The molecule has 4 N–H and O–H groups in total. The number of rotatable bonds is 12. The van der Waals surface area contributed by atoms with Gasteiger partial charge in [0.25, 0.3) is 5.56 Å². The number of nitrogens with one attached hydrogen (secondary N) is 4. The van der Waals surface area contributed by atoms with E-state index in [1.54, 1.807) is 31.3 Å². The second kappa shape index (κ2) is 16.9. The number of carbonyl (C=O) groups excluding carboxylic acids is 3. The second-order valence-corrected chi connectivity index (χ2v) is 12.9. The summed E-state index contributed by atoms with van der Waals surface area (Å²) in [4.78, 5) is 59.0. The zero-order valence-corrected chi connectivity index (χ0v) is 30.3. The van der Waals surface area contributed by atoms with Crippen LogP contribution >= 0.6 is 23.2 Å². The number of anilines is 2. The molecule has 1 fully saturated rings. The first-order valence-corrected chi connectivity index (χ1v) is 17.5. The smallest absolute Gasteiger partial charge is 0.323 e. The number of methoxy groups -OCH3 is 1. The number of hydrogen-bond donors (Lipinski definition) is 4. The van der Waals surface area contributed by atoms with Crippen molar-refractivity contribution in [1.82, 2.24) is 34.8 Å². The number of imide groups is 1. The van der Waals surface area contributed by atoms with E-state index in [9.17, 15) is 19.2 Å². The number of aromatic nitrogens is 5. The SMILES string of the molecule is CO[C@@H](C)c1c(NC(=O)Nc2cc(Cl)cnc2OCCNCCCC#Cc2cn(C3CCC(=O)NC3=O)c(=O)c3ccccc23)cnc2cc(Cl)nn12. The van der Waals surface area contributed by atoms with E-state index >= 15 is 0 Å². The zero-order chi connectivity index (χ0) is 37.5. The number of carbonyl (C=O) groups is 3. The second-order valence-electron chi connectivity index (χ2n) is 12.0. The molecule has 6 rings (SSSR count). The molecular formula is C36H35Cl2N9O6. The average molecular weight is 761 g/mol. The number of hydrogen-bond acceptors (Lipinski definition) is 10. The van der Waals surface area contributed by atoms with Gasteiger partial charge in [0.05, 0.1) is 28.7 Å². The zero-order valence-electron chi connectivity index (χ0n) is 28.7. The average Bonchev–Trinajstić information content (AvgIpc) is 3.52. The van der Waals surface area contributed by atoms with Crippen molar-refractivity contribution in [1.29, 1.82) is 0 Å². The Bertz CT molecular complexity index is 2320. The molecule has 0 spiro atoms. The molecule has 274 valence electrons. The summed E-state index contributed by atoms with van der Waals surface area (Å²) in [5.41, 5.74) is 2.00. The lowest BCUT2D eigenvalue weighted by atomic mass is 10.0. The number of piperidine rings is 1. The molecule has 2 atom stereocenters. The van der Waals surface area contributed by atoms with Crippen molar-refractivity contribution in [3.8, 4) is 17.7 Å². The first-order chi connectivity index (χ1) is 25.6. The maximum absolute atomic E-state index is 13.2. The molecular weight excluding hydrogens is 725 g/mol. The monoisotopic (exact) mass is 759 g/mol. The lowest BCUT2D eigenvalue weighted by Crippen LogP contribution is -2.44. The van der Waals surface area contributed by atoms with Gasteiger partial charge in [-0.25, -0.2) is 19.3 Å². The predicted octanol–water partition coefficient (Wildman–Crippen LogP) is 4.88. The minimum atomic E-state index is -0.774. The Morgan fingerprint density at radius 3 is 2.66 bits per heavy atom. The van der Waals surface area contributed by atoms with Gasteiger partial charge in [-0.3, -0.25) is 19.7 Å². The minimum absolute atomic E-state index is 0.163. The molecule has 5 heterocycles. The van der Waals surface area contributed by atoms with E-state index in [-0.39, 0.29) is 47.6 Å². The van der Waals surface area contributed by atoms with Crippen LogP contribution in [-0.4, -0.2) is 68.8 Å². The lowest BCUT2D eigenvalue weighted by Gasteiger charge is -2.23. The maximum atomic E-state index is 13.2. The van der Waals surface area contributed by atoms with Crippen molar-refractivity contribution in [2.24, 2.45) is 0 Å². The van der Waals surface area contributed by atoms with Gasteiger partial charge in [0, 0.05) is 61.3 Å². The molecule has 53 heavy (non-hydrogen) atoms. The molecule has 4 aromatic heterocycles. The van der Waals surface area contributed by atoms with Crippen LogP contribution in [-0.2, 0) is 14.3 Å². The lowest BCUT2D eigenvalue weighted by molar-refractivity contribution is -0.135. The van der Waals surface area contributed by atoms with E-state index in [1.807, 2.05) is 12.1 Å². The quantitative estimate of drug-likeness (QED) is 0.0778. The van der Waals surface area contributed by atoms with Gasteiger partial charge in [-0.2, -0.15) is 5.10 Å². The molecule has 17 heteroatoms. The molecule has 0 aliphatic carbocycles. The van der Waals surface area contributed by atoms with Crippen LogP contribution < -0.4 is 31.6 Å². The third-order valence-corrected chi connectivity index (χ3v) is 8.83. The predicted molar refractivity (Wildman–Crippen MR) is 199 cm³/mol. The maximum Gasteiger partial charge on any atom is 0.323 e. The van der Waals surface area contributed by atoms with Crippen LogP contribution in [0.4, 0.5) is 16.2 Å². The first kappa shape index (κ1) is 37.2. The van der Waals surface area contributed by atoms with Crippen LogP contribution in [0.15, 0.2) is 59.8 Å². The normalized spacial score (nSPS) is 14.8. The van der Waals surface area contributed by atoms with Gasteiger partial charge in [0.15, 0.2) is 10.8 Å². The Morgan fingerprint density at radius 1 is 1.08 bits per heavy atom. The van der Waals surface area contributed by atoms with Gasteiger partial charge >= 0.3 is 6.03 Å². The number of unbranched alkanes of at least 4 members (excludes halogenated alkanes) is 1. The summed E-state index contributed by atoms with van der Waals surface area (Å²) in [6.45, 7) is 3.20. The van der Waals surface area contributed by atoms with Crippen LogP contribution in [0.5, 0.6) is 5.88 Å². The van der Waals surface area contributed by atoms with Gasteiger partial charge in [0.1, 0.15) is 18.3 Å². The molecule has 1 aliphatic heterocycles. The third kappa shape index (κ3) is 8.75. The molecule has 4 amide bonds. The fourth-order valence-electron chi connectivity index (χ4n) is 5.82. The van der Waals surface area contributed by atoms with Crippen LogP contribution in [0.25, 0.3) is 16.4 Å². The highest BCUT2D eigenvalue weighted by Gasteiger charge is 2.29. The van der Waals surface area contributed by atoms with Crippen LogP contribution in [0, 0.1) is 11.8 Å². The summed E-state index contributed by atoms with van der Waals surface area (Å²) in [7, 11) is 1.54. The van der Waals surface area contributed by atoms with Crippen LogP contribution in [0.1, 0.15) is 56.0 Å². The number of halogens is 2. The highest BCUT2D eigenvalue weighted by atomic mass is 35.5. The Labute approximate surface area is 313 Å². The summed E-state index contributed by atoms with van der Waals surface area (Å²) in [6.07, 6.45) is 5.79. The van der Waals surface area contributed by atoms with Crippen molar-refractivity contribution in [3.05, 3.63) is 86.8 Å². The summed E-state index contributed by atoms with van der Waals surface area (Å²) in [6, 6.07) is 8.90. The summed E-state index contributed by atoms with van der Waals surface area (Å²) in [5.74, 6) is 5.68. The van der Waals surface area contributed by atoms with E-state index in [2.05, 4.69) is 48.2 Å². The number of ether oxygens (including phenoxy) is 2. The number of amides is 4. The summed E-state index contributed by atoms with van der Waals surface area (Å²) < 4.78 is 14.2. The molecule has 1 aromatic carbocycles. The molecule has 1 aliphatic rings. The summed E-state index contributed by atoms with van der Waals surface area (Å²) in [5, 5.41) is 17.1. The highest BCUT2D eigenvalue weighted by molar-refractivity contribution is 6.31. The van der Waals surface area contributed by atoms with E-state index in [1.165, 1.54) is 34.7 Å². The van der Waals surface area contributed by atoms with Gasteiger partial charge in [-0.05, 0) is 38.4 Å². The Hall–Kier alpha value is -5.53. The Balaban J connectivity index is 1.01. The fourth-order valence-corrected chi connectivity index (χ4v) is 6.15. The van der Waals surface area contributed by atoms with Crippen molar-refractivity contribution < 1.29 is 23.9 Å². The van der Waals surface area contributed by atoms with Crippen molar-refractivity contribution in [2.45, 2.75) is 44.8 Å². The first-order valence-electron chi connectivity index (χ1n) is 16.7. The van der Waals surface area contributed by atoms with E-state index < -0.39 is 24.1 Å². The van der Waals surface area contributed by atoms with Crippen molar-refractivity contribution in [3.63, 3.8) is 0 Å². The highest BCUT2D eigenvalue weighted by Crippen LogP contribution is 2.28. The minimum Gasteiger partial charge on any atom is -0.475 e. The molecule has 1 saturated heterocycles. The number of nitrogens with zero attached hydrogens (tertiary/aromatic N) is 5. The van der Waals surface area contributed by atoms with E-state index in [0.29, 0.717) is 57.9 Å². The van der Waals surface area contributed by atoms with Gasteiger partial charge in [0.2, 0.25) is 17.7 Å². The Morgan fingerprint density at radius 2 is 1.87 bits per heavy atom. The molecule has 0 saturated carbocycles. The van der Waals surface area contributed by atoms with Crippen LogP contribution in [0.2, 0.25) is 10.2 Å². The summed E-state index contributed by atoms with van der Waals surface area (Å²) >= 11 is 12.3. The van der Waals surface area contributed by atoms with E-state index in [0.717, 1.165) is 6.42 Å². The van der Waals surface area contributed by atoms with Crippen molar-refractivity contribution >= 4 is 68.8 Å². The molecule has 1 unspecified atom stereocenters. The number of urea groups is 1. The van der Waals surface area contributed by atoms with Gasteiger partial charge in [-0.1, -0.05) is 53.2 Å². The van der Waals surface area contributed by atoms with E-state index in [4.69, 9.17) is 32.7 Å².